The molecule has 0 radical (unpaired) electrons. The number of nitrogens with zero attached hydrogens (tertiary/aromatic N) is 2. The van der Waals surface area contributed by atoms with Gasteiger partial charge in [-0.3, -0.25) is 0 Å². The fourth-order valence-electron chi connectivity index (χ4n) is 2.25. The normalized spacial score (nSPS) is 10.9. The van der Waals surface area contributed by atoms with Crippen molar-refractivity contribution < 1.29 is 9.15 Å². The van der Waals surface area contributed by atoms with E-state index >= 15 is 0 Å². The molecule has 26 heavy (non-hydrogen) atoms. The van der Waals surface area contributed by atoms with Crippen LogP contribution in [0.5, 0.6) is 5.75 Å². The third-order valence-electron chi connectivity index (χ3n) is 3.64. The smallest absolute Gasteiger partial charge is 0.216 e. The van der Waals surface area contributed by atoms with Gasteiger partial charge in [0.15, 0.2) is 11.7 Å². The number of rotatable bonds is 5. The van der Waals surface area contributed by atoms with E-state index in [0.29, 0.717) is 17.6 Å². The highest BCUT2D eigenvalue weighted by atomic mass is 127. The molecule has 2 aromatic carbocycles. The number of anilines is 1. The molecule has 0 bridgehead atoms. The lowest BCUT2D eigenvalue weighted by Gasteiger charge is -2.06. The first-order valence-corrected chi connectivity index (χ1v) is 7.87. The first-order chi connectivity index (χ1) is 12.1. The van der Waals surface area contributed by atoms with Gasteiger partial charge in [0.2, 0.25) is 5.89 Å². The summed E-state index contributed by atoms with van der Waals surface area (Å²) in [7, 11) is 1.62. The first kappa shape index (κ1) is 19.8. The summed E-state index contributed by atoms with van der Waals surface area (Å²) in [5.74, 6) is 2.30. The number of nitrogens with one attached hydrogen (secondary N) is 1. The van der Waals surface area contributed by atoms with E-state index in [1.807, 2.05) is 55.5 Å². The maximum atomic E-state index is 5.90. The van der Waals surface area contributed by atoms with E-state index in [2.05, 4.69) is 15.3 Å². The maximum Gasteiger partial charge on any atom is 0.216 e. The molecule has 0 aliphatic heterocycles. The fourth-order valence-corrected chi connectivity index (χ4v) is 2.25. The first-order valence-electron chi connectivity index (χ1n) is 7.87. The summed E-state index contributed by atoms with van der Waals surface area (Å²) in [5.41, 5.74) is 8.91. The molecule has 3 rings (SSSR count). The quantitative estimate of drug-likeness (QED) is 0.336. The summed E-state index contributed by atoms with van der Waals surface area (Å²) in [5, 5.41) is 3.01. The number of halogens is 1. The van der Waals surface area contributed by atoms with E-state index in [0.717, 1.165) is 17.0 Å². The van der Waals surface area contributed by atoms with Gasteiger partial charge in [-0.1, -0.05) is 29.8 Å². The molecule has 1 aromatic heterocycles. The average molecular weight is 464 g/mol. The summed E-state index contributed by atoms with van der Waals surface area (Å²) in [6.07, 6.45) is 1.70. The number of benzene rings is 2. The van der Waals surface area contributed by atoms with E-state index in [4.69, 9.17) is 14.9 Å². The van der Waals surface area contributed by atoms with Crippen molar-refractivity contribution in [2.24, 2.45) is 10.7 Å². The lowest BCUT2D eigenvalue weighted by atomic mass is 10.1. The Hall–Kier alpha value is -2.55. The van der Waals surface area contributed by atoms with Crippen molar-refractivity contribution in [2.75, 3.05) is 12.4 Å². The van der Waals surface area contributed by atoms with Crippen molar-refractivity contribution in [2.45, 2.75) is 13.5 Å². The molecule has 0 aliphatic carbocycles. The lowest BCUT2D eigenvalue weighted by molar-refractivity contribution is 0.415. The van der Waals surface area contributed by atoms with E-state index in [-0.39, 0.29) is 30.5 Å². The number of oxazole rings is 1. The largest absolute Gasteiger partial charge is 0.497 e. The van der Waals surface area contributed by atoms with Crippen LogP contribution in [0, 0.1) is 6.92 Å². The van der Waals surface area contributed by atoms with Crippen LogP contribution in [-0.2, 0) is 6.54 Å². The van der Waals surface area contributed by atoms with Crippen LogP contribution >= 0.6 is 24.0 Å². The number of ether oxygens (including phenoxy) is 1. The predicted molar refractivity (Wildman–Crippen MR) is 114 cm³/mol. The van der Waals surface area contributed by atoms with Gasteiger partial charge in [-0.05, 0) is 31.2 Å². The van der Waals surface area contributed by atoms with Crippen molar-refractivity contribution in [3.63, 3.8) is 0 Å². The molecule has 0 amide bonds. The second-order valence-corrected chi connectivity index (χ2v) is 5.54. The molecular formula is C19H21IN4O2. The second-order valence-electron chi connectivity index (χ2n) is 5.54. The molecule has 3 N–H and O–H groups in total. The van der Waals surface area contributed by atoms with Crippen molar-refractivity contribution in [1.29, 1.82) is 0 Å². The zero-order valence-electron chi connectivity index (χ0n) is 14.6. The molecule has 0 spiro atoms. The highest BCUT2D eigenvalue weighted by molar-refractivity contribution is 14.0. The van der Waals surface area contributed by atoms with Gasteiger partial charge < -0.3 is 20.2 Å². The van der Waals surface area contributed by atoms with Crippen molar-refractivity contribution in [1.82, 2.24) is 4.98 Å². The summed E-state index contributed by atoms with van der Waals surface area (Å²) in [4.78, 5) is 8.49. The lowest BCUT2D eigenvalue weighted by Crippen LogP contribution is -2.22. The number of methoxy groups -OCH3 is 1. The molecule has 0 aliphatic rings. The highest BCUT2D eigenvalue weighted by Crippen LogP contribution is 2.21. The van der Waals surface area contributed by atoms with Gasteiger partial charge in [0.05, 0.1) is 13.3 Å². The number of nitrogens with two attached hydrogens (primary N) is 1. The Morgan fingerprint density at radius 1 is 1.15 bits per heavy atom. The molecule has 0 saturated heterocycles. The van der Waals surface area contributed by atoms with E-state index < -0.39 is 0 Å². The molecule has 7 heteroatoms. The molecule has 6 nitrogen and oxygen atoms in total. The van der Waals surface area contributed by atoms with E-state index in [1.54, 1.807) is 13.3 Å². The summed E-state index contributed by atoms with van der Waals surface area (Å²) in [6, 6.07) is 15.5. The van der Waals surface area contributed by atoms with Gasteiger partial charge in [0.1, 0.15) is 12.3 Å². The average Bonchev–Trinajstić information content (AvgIpc) is 3.10. The van der Waals surface area contributed by atoms with Crippen LogP contribution in [0.2, 0.25) is 0 Å². The zero-order valence-corrected chi connectivity index (χ0v) is 16.9. The Bertz CT molecular complexity index is 858. The van der Waals surface area contributed by atoms with Crippen LogP contribution in [0.4, 0.5) is 5.69 Å². The second kappa shape index (κ2) is 9.23. The molecule has 0 atom stereocenters. The Balaban J connectivity index is 0.00000243. The van der Waals surface area contributed by atoms with Crippen LogP contribution in [0.1, 0.15) is 11.5 Å². The standard InChI is InChI=1S/C19H20N4O2.HI/c1-13-3-5-14(6-4-13)17-11-21-18(25-17)12-22-19(20)23-15-7-9-16(24-2)10-8-15;/h3-11H,12H2,1-2H3,(H3,20,22,23);1H. The number of guanidine groups is 1. The van der Waals surface area contributed by atoms with Gasteiger partial charge in [-0.2, -0.15) is 0 Å². The summed E-state index contributed by atoms with van der Waals surface area (Å²) >= 11 is 0. The predicted octanol–water partition coefficient (Wildman–Crippen LogP) is 4.20. The number of aromatic nitrogens is 1. The molecular weight excluding hydrogens is 443 g/mol. The van der Waals surface area contributed by atoms with Crippen LogP contribution in [0.3, 0.4) is 0 Å². The molecule has 0 unspecified atom stereocenters. The van der Waals surface area contributed by atoms with Gasteiger partial charge in [-0.15, -0.1) is 24.0 Å². The number of aryl methyl sites for hydroxylation is 1. The van der Waals surface area contributed by atoms with Gasteiger partial charge in [0.25, 0.3) is 0 Å². The Morgan fingerprint density at radius 2 is 1.85 bits per heavy atom. The van der Waals surface area contributed by atoms with Crippen molar-refractivity contribution in [3.8, 4) is 17.1 Å². The van der Waals surface area contributed by atoms with E-state index in [9.17, 15) is 0 Å². The van der Waals surface area contributed by atoms with Crippen LogP contribution in [-0.4, -0.2) is 18.1 Å². The summed E-state index contributed by atoms with van der Waals surface area (Å²) in [6.45, 7) is 2.31. The Labute approximate surface area is 169 Å². The molecule has 0 fully saturated rings. The maximum absolute atomic E-state index is 5.90. The van der Waals surface area contributed by atoms with E-state index in [1.165, 1.54) is 5.56 Å². The number of hydrogen-bond donors (Lipinski definition) is 2. The van der Waals surface area contributed by atoms with Crippen LogP contribution in [0.15, 0.2) is 64.1 Å². The minimum Gasteiger partial charge on any atom is -0.497 e. The third kappa shape index (κ3) is 5.22. The Morgan fingerprint density at radius 3 is 2.50 bits per heavy atom. The summed E-state index contributed by atoms with van der Waals surface area (Å²) < 4.78 is 10.8. The SMILES string of the molecule is COc1ccc(NC(N)=NCc2ncc(-c3ccc(C)cc3)o2)cc1.I. The van der Waals surface area contributed by atoms with Gasteiger partial charge >= 0.3 is 0 Å². The third-order valence-corrected chi connectivity index (χ3v) is 3.64. The number of aliphatic imine (C=N–C) groups is 1. The molecule has 3 aromatic rings. The van der Waals surface area contributed by atoms with Crippen LogP contribution < -0.4 is 15.8 Å². The topological polar surface area (TPSA) is 85.7 Å². The molecule has 0 saturated carbocycles. The number of hydrogen-bond acceptors (Lipinski definition) is 4. The van der Waals surface area contributed by atoms with Gasteiger partial charge in [0, 0.05) is 11.3 Å². The minimum atomic E-state index is 0. The Kier molecular flexibility index (Phi) is 7.02. The minimum absolute atomic E-state index is 0. The monoisotopic (exact) mass is 464 g/mol. The van der Waals surface area contributed by atoms with Crippen LogP contribution in [0.25, 0.3) is 11.3 Å². The van der Waals surface area contributed by atoms with Crippen molar-refractivity contribution >= 4 is 35.6 Å². The van der Waals surface area contributed by atoms with Gasteiger partial charge in [-0.25, -0.2) is 9.98 Å². The molecule has 136 valence electrons. The molecule has 1 heterocycles. The zero-order chi connectivity index (χ0) is 17.6. The highest BCUT2D eigenvalue weighted by Gasteiger charge is 2.06. The fraction of sp³-hybridized carbons (Fsp3) is 0.158. The van der Waals surface area contributed by atoms with Crippen molar-refractivity contribution in [3.05, 3.63) is 66.2 Å².